The van der Waals surface area contributed by atoms with Gasteiger partial charge in [0, 0.05) is 18.3 Å². The van der Waals surface area contributed by atoms with E-state index >= 15 is 0 Å². The highest BCUT2D eigenvalue weighted by Crippen LogP contribution is 2.14. The molecule has 0 bridgehead atoms. The van der Waals surface area contributed by atoms with Crippen LogP contribution in [0.2, 0.25) is 0 Å². The van der Waals surface area contributed by atoms with E-state index in [1.165, 1.54) is 6.07 Å². The van der Waals surface area contributed by atoms with Crippen LogP contribution in [0, 0.1) is 17.6 Å². The number of hydrogen-bond acceptors (Lipinski definition) is 3. The summed E-state index contributed by atoms with van der Waals surface area (Å²) >= 11 is 0. The molecule has 0 saturated carbocycles. The van der Waals surface area contributed by atoms with E-state index in [1.807, 2.05) is 11.9 Å². The summed E-state index contributed by atoms with van der Waals surface area (Å²) in [7, 11) is 1.90. The topological polar surface area (TPSA) is 44.4 Å². The lowest BCUT2D eigenvalue weighted by molar-refractivity contribution is -0.117. The lowest BCUT2D eigenvalue weighted by Gasteiger charge is -2.27. The zero-order valence-corrected chi connectivity index (χ0v) is 12.2. The van der Waals surface area contributed by atoms with E-state index in [2.05, 4.69) is 10.6 Å². The van der Waals surface area contributed by atoms with E-state index in [-0.39, 0.29) is 18.1 Å². The largest absolute Gasteiger partial charge is 0.325 e. The Bertz CT molecular complexity index is 490. The van der Waals surface area contributed by atoms with Gasteiger partial charge in [-0.1, -0.05) is 0 Å². The fourth-order valence-electron chi connectivity index (χ4n) is 2.59. The van der Waals surface area contributed by atoms with Gasteiger partial charge in [0.15, 0.2) is 11.6 Å². The van der Waals surface area contributed by atoms with Crippen molar-refractivity contribution in [3.63, 3.8) is 0 Å². The maximum atomic E-state index is 13.1. The lowest BCUT2D eigenvalue weighted by atomic mass is 9.98. The monoisotopic (exact) mass is 297 g/mol. The zero-order chi connectivity index (χ0) is 15.2. The molecule has 0 aliphatic carbocycles. The average Bonchev–Trinajstić information content (AvgIpc) is 2.43. The standard InChI is InChI=1S/C15H21F2N3O/c1-20(9-11-4-6-18-7-5-11)10-15(21)19-12-2-3-13(16)14(17)8-12/h2-3,8,11,18H,4-7,9-10H2,1H3,(H,19,21). The maximum absolute atomic E-state index is 13.1. The van der Waals surface area contributed by atoms with Crippen LogP contribution >= 0.6 is 0 Å². The minimum Gasteiger partial charge on any atom is -0.325 e. The first-order chi connectivity index (χ1) is 10.0. The molecule has 1 heterocycles. The second kappa shape index (κ2) is 7.47. The molecule has 1 saturated heterocycles. The molecule has 1 aliphatic heterocycles. The first kappa shape index (κ1) is 15.9. The number of halogens is 2. The van der Waals surface area contributed by atoms with Crippen molar-refractivity contribution in [2.24, 2.45) is 5.92 Å². The molecule has 1 aromatic carbocycles. The van der Waals surface area contributed by atoms with Gasteiger partial charge in [-0.25, -0.2) is 8.78 Å². The van der Waals surface area contributed by atoms with E-state index in [0.717, 1.165) is 44.6 Å². The van der Waals surface area contributed by atoms with Gasteiger partial charge >= 0.3 is 0 Å². The van der Waals surface area contributed by atoms with Crippen molar-refractivity contribution in [1.82, 2.24) is 10.2 Å². The highest BCUT2D eigenvalue weighted by atomic mass is 19.2. The number of piperidine rings is 1. The third-order valence-corrected chi connectivity index (χ3v) is 3.65. The molecule has 21 heavy (non-hydrogen) atoms. The Morgan fingerprint density at radius 1 is 1.33 bits per heavy atom. The molecule has 1 amide bonds. The lowest BCUT2D eigenvalue weighted by Crippen LogP contribution is -2.37. The molecule has 6 heteroatoms. The van der Waals surface area contributed by atoms with Crippen molar-refractivity contribution in [2.75, 3.05) is 38.5 Å². The third-order valence-electron chi connectivity index (χ3n) is 3.65. The van der Waals surface area contributed by atoms with Gasteiger partial charge in [0.25, 0.3) is 0 Å². The summed E-state index contributed by atoms with van der Waals surface area (Å²) in [5.41, 5.74) is 0.272. The van der Waals surface area contributed by atoms with Gasteiger partial charge in [-0.05, 0) is 51.0 Å². The van der Waals surface area contributed by atoms with Gasteiger partial charge in [-0.15, -0.1) is 0 Å². The SMILES string of the molecule is CN(CC(=O)Nc1ccc(F)c(F)c1)CC1CCNCC1. The predicted octanol–water partition coefficient (Wildman–Crippen LogP) is 1.83. The average molecular weight is 297 g/mol. The Kier molecular flexibility index (Phi) is 5.64. The van der Waals surface area contributed by atoms with E-state index in [9.17, 15) is 13.6 Å². The van der Waals surface area contributed by atoms with Crippen LogP contribution in [0.25, 0.3) is 0 Å². The Morgan fingerprint density at radius 3 is 2.71 bits per heavy atom. The van der Waals surface area contributed by atoms with Crippen LogP contribution in [0.3, 0.4) is 0 Å². The quantitative estimate of drug-likeness (QED) is 0.871. The van der Waals surface area contributed by atoms with E-state index in [1.54, 1.807) is 0 Å². The summed E-state index contributed by atoms with van der Waals surface area (Å²) in [6.45, 7) is 3.16. The molecule has 116 valence electrons. The number of nitrogens with one attached hydrogen (secondary N) is 2. The first-order valence-electron chi connectivity index (χ1n) is 7.19. The highest BCUT2D eigenvalue weighted by Gasteiger charge is 2.16. The summed E-state index contributed by atoms with van der Waals surface area (Å²) in [5.74, 6) is -1.50. The van der Waals surface area contributed by atoms with Crippen molar-refractivity contribution in [3.05, 3.63) is 29.8 Å². The number of nitrogens with zero attached hydrogens (tertiary/aromatic N) is 1. The Balaban J connectivity index is 1.78. The Hall–Kier alpha value is -1.53. The fourth-order valence-corrected chi connectivity index (χ4v) is 2.59. The third kappa shape index (κ3) is 5.06. The molecule has 0 spiro atoms. The van der Waals surface area contributed by atoms with Crippen LogP contribution in [0.4, 0.5) is 14.5 Å². The molecule has 0 aromatic heterocycles. The summed E-state index contributed by atoms with van der Waals surface area (Å²) < 4.78 is 25.9. The molecular weight excluding hydrogens is 276 g/mol. The number of rotatable bonds is 5. The van der Waals surface area contributed by atoms with Gasteiger partial charge in [0.1, 0.15) is 0 Å². The minimum atomic E-state index is -0.962. The zero-order valence-electron chi connectivity index (χ0n) is 12.2. The number of anilines is 1. The number of likely N-dealkylation sites (N-methyl/N-ethyl adjacent to an activating group) is 1. The van der Waals surface area contributed by atoms with Crippen LogP contribution in [0.1, 0.15) is 12.8 Å². The van der Waals surface area contributed by atoms with Gasteiger partial charge in [-0.3, -0.25) is 9.69 Å². The molecule has 2 rings (SSSR count). The molecule has 1 aromatic rings. The van der Waals surface area contributed by atoms with Crippen molar-refractivity contribution >= 4 is 11.6 Å². The first-order valence-corrected chi connectivity index (χ1v) is 7.19. The van der Waals surface area contributed by atoms with Crippen LogP contribution in [-0.2, 0) is 4.79 Å². The molecule has 1 aliphatic rings. The van der Waals surface area contributed by atoms with Gasteiger partial charge in [0.2, 0.25) is 5.91 Å². The molecule has 0 atom stereocenters. The van der Waals surface area contributed by atoms with Crippen LogP contribution in [0.15, 0.2) is 18.2 Å². The van der Waals surface area contributed by atoms with Crippen LogP contribution in [0.5, 0.6) is 0 Å². The second-order valence-electron chi connectivity index (χ2n) is 5.57. The Labute approximate surface area is 123 Å². The van der Waals surface area contributed by atoms with Crippen molar-refractivity contribution in [1.29, 1.82) is 0 Å². The molecular formula is C15H21F2N3O. The number of amides is 1. The van der Waals surface area contributed by atoms with E-state index < -0.39 is 11.6 Å². The maximum Gasteiger partial charge on any atom is 0.238 e. The van der Waals surface area contributed by atoms with Gasteiger partial charge in [-0.2, -0.15) is 0 Å². The minimum absolute atomic E-state index is 0.225. The van der Waals surface area contributed by atoms with Crippen molar-refractivity contribution in [3.8, 4) is 0 Å². The molecule has 0 radical (unpaired) electrons. The normalized spacial score (nSPS) is 16.2. The number of carbonyl (C=O) groups excluding carboxylic acids is 1. The molecule has 1 fully saturated rings. The Morgan fingerprint density at radius 2 is 2.05 bits per heavy atom. The summed E-state index contributed by atoms with van der Waals surface area (Å²) in [4.78, 5) is 13.8. The predicted molar refractivity (Wildman–Crippen MR) is 78.1 cm³/mol. The van der Waals surface area contributed by atoms with Gasteiger partial charge < -0.3 is 10.6 Å². The summed E-state index contributed by atoms with van der Waals surface area (Å²) in [6, 6.07) is 3.34. The molecule has 0 unspecified atom stereocenters. The van der Waals surface area contributed by atoms with Gasteiger partial charge in [0.05, 0.1) is 6.54 Å². The van der Waals surface area contributed by atoms with Crippen LogP contribution in [-0.4, -0.2) is 44.0 Å². The number of carbonyl (C=O) groups is 1. The second-order valence-corrected chi connectivity index (χ2v) is 5.57. The molecule has 2 N–H and O–H groups in total. The van der Waals surface area contributed by atoms with Crippen LogP contribution < -0.4 is 10.6 Å². The highest BCUT2D eigenvalue weighted by molar-refractivity contribution is 5.92. The number of benzene rings is 1. The smallest absolute Gasteiger partial charge is 0.238 e. The summed E-state index contributed by atoms with van der Waals surface area (Å²) in [6.07, 6.45) is 2.24. The van der Waals surface area contributed by atoms with Crippen molar-refractivity contribution in [2.45, 2.75) is 12.8 Å². The van der Waals surface area contributed by atoms with E-state index in [0.29, 0.717) is 5.92 Å². The number of hydrogen-bond donors (Lipinski definition) is 2. The summed E-state index contributed by atoms with van der Waals surface area (Å²) in [5, 5.41) is 5.89. The van der Waals surface area contributed by atoms with Crippen molar-refractivity contribution < 1.29 is 13.6 Å². The fraction of sp³-hybridized carbons (Fsp3) is 0.533. The molecule has 4 nitrogen and oxygen atoms in total. The van der Waals surface area contributed by atoms with E-state index in [4.69, 9.17) is 0 Å².